The molecule has 1 aliphatic carbocycles. The summed E-state index contributed by atoms with van der Waals surface area (Å²) >= 11 is 0. The van der Waals surface area contributed by atoms with Crippen LogP contribution in [0.1, 0.15) is 39.5 Å². The van der Waals surface area contributed by atoms with Crippen LogP contribution in [0.4, 0.5) is 0 Å². The summed E-state index contributed by atoms with van der Waals surface area (Å²) in [6.07, 6.45) is 5.43. The second kappa shape index (κ2) is 6.41. The van der Waals surface area contributed by atoms with Crippen LogP contribution in [0.5, 0.6) is 0 Å². The van der Waals surface area contributed by atoms with Crippen LogP contribution < -0.4 is 5.32 Å². The lowest BCUT2D eigenvalue weighted by Gasteiger charge is -2.27. The molecule has 0 radical (unpaired) electrons. The quantitative estimate of drug-likeness (QED) is 0.601. The molecule has 14 heavy (non-hydrogen) atoms. The molecule has 0 bridgehead atoms. The average molecular weight is 198 g/mol. The molecule has 0 aromatic rings. The maximum Gasteiger partial charge on any atom is 0.0215 e. The van der Waals surface area contributed by atoms with Gasteiger partial charge in [0.2, 0.25) is 0 Å². The molecule has 2 heteroatoms. The van der Waals surface area contributed by atoms with Crippen molar-refractivity contribution in [2.45, 2.75) is 45.6 Å². The van der Waals surface area contributed by atoms with E-state index in [0.29, 0.717) is 0 Å². The topological polar surface area (TPSA) is 15.3 Å². The number of nitrogens with zero attached hydrogens (tertiary/aromatic N) is 1. The van der Waals surface area contributed by atoms with Gasteiger partial charge in [-0.2, -0.15) is 0 Å². The highest BCUT2D eigenvalue weighted by atomic mass is 15.1. The van der Waals surface area contributed by atoms with Crippen LogP contribution in [-0.2, 0) is 0 Å². The monoisotopic (exact) mass is 198 g/mol. The number of likely N-dealkylation sites (N-methyl/N-ethyl adjacent to an activating group) is 1. The fourth-order valence-electron chi connectivity index (χ4n) is 1.91. The van der Waals surface area contributed by atoms with Crippen LogP contribution in [0, 0.1) is 5.92 Å². The normalized spacial score (nSPS) is 18.9. The molecule has 0 heterocycles. The van der Waals surface area contributed by atoms with E-state index in [1.54, 1.807) is 0 Å². The Morgan fingerprint density at radius 3 is 2.57 bits per heavy atom. The third-order valence-corrected chi connectivity index (χ3v) is 3.14. The zero-order valence-electron chi connectivity index (χ0n) is 10.1. The summed E-state index contributed by atoms with van der Waals surface area (Å²) in [7, 11) is 2.28. The van der Waals surface area contributed by atoms with Gasteiger partial charge in [-0.15, -0.1) is 0 Å². The van der Waals surface area contributed by atoms with Gasteiger partial charge in [-0.1, -0.05) is 13.8 Å². The lowest BCUT2D eigenvalue weighted by atomic mass is 10.2. The van der Waals surface area contributed by atoms with Crippen LogP contribution in [0.25, 0.3) is 0 Å². The minimum atomic E-state index is 0.738. The molecule has 0 saturated heterocycles. The molecule has 0 aromatic carbocycles. The van der Waals surface area contributed by atoms with Crippen molar-refractivity contribution in [3.8, 4) is 0 Å². The van der Waals surface area contributed by atoms with E-state index in [2.05, 4.69) is 31.1 Å². The molecular weight excluding hydrogens is 172 g/mol. The molecule has 0 aromatic heterocycles. The summed E-state index contributed by atoms with van der Waals surface area (Å²) in [6.45, 7) is 8.15. The number of hydrogen-bond donors (Lipinski definition) is 1. The summed E-state index contributed by atoms with van der Waals surface area (Å²) in [6, 6.07) is 0.738. The van der Waals surface area contributed by atoms with Crippen LogP contribution in [0.15, 0.2) is 0 Å². The maximum absolute atomic E-state index is 3.52. The van der Waals surface area contributed by atoms with Gasteiger partial charge in [0.25, 0.3) is 0 Å². The van der Waals surface area contributed by atoms with Crippen LogP contribution in [0.2, 0.25) is 0 Å². The summed E-state index contributed by atoms with van der Waals surface area (Å²) in [4.78, 5) is 2.54. The van der Waals surface area contributed by atoms with Gasteiger partial charge in [0.15, 0.2) is 0 Å². The van der Waals surface area contributed by atoms with Crippen molar-refractivity contribution in [1.29, 1.82) is 0 Å². The lowest BCUT2D eigenvalue weighted by molar-refractivity contribution is 0.221. The Kier molecular flexibility index (Phi) is 5.49. The van der Waals surface area contributed by atoms with E-state index in [1.165, 1.54) is 32.2 Å². The second-order valence-corrected chi connectivity index (χ2v) is 4.65. The molecular formula is C12H26N2. The van der Waals surface area contributed by atoms with Gasteiger partial charge >= 0.3 is 0 Å². The third-order valence-electron chi connectivity index (χ3n) is 3.14. The predicted octanol–water partition coefficient (Wildman–Crippen LogP) is 2.11. The van der Waals surface area contributed by atoms with E-state index in [1.807, 2.05) is 0 Å². The molecule has 1 saturated carbocycles. The van der Waals surface area contributed by atoms with E-state index in [0.717, 1.165) is 25.0 Å². The Hall–Kier alpha value is -0.0800. The molecule has 1 rings (SSSR count). The van der Waals surface area contributed by atoms with Gasteiger partial charge in [-0.05, 0) is 45.2 Å². The molecule has 0 amide bonds. The molecule has 1 aliphatic rings. The fraction of sp³-hybridized carbons (Fsp3) is 1.00. The zero-order chi connectivity index (χ0) is 10.4. The minimum Gasteiger partial charge on any atom is -0.315 e. The molecule has 0 spiro atoms. The van der Waals surface area contributed by atoms with Crippen molar-refractivity contribution >= 4 is 0 Å². The Labute approximate surface area is 89.1 Å². The Balaban J connectivity index is 2.13. The largest absolute Gasteiger partial charge is 0.315 e. The second-order valence-electron chi connectivity index (χ2n) is 4.65. The van der Waals surface area contributed by atoms with Crippen LogP contribution in [0.3, 0.4) is 0 Å². The highest BCUT2D eigenvalue weighted by Crippen LogP contribution is 2.29. The highest BCUT2D eigenvalue weighted by Gasteiger charge is 2.25. The van der Waals surface area contributed by atoms with Gasteiger partial charge in [0.1, 0.15) is 0 Å². The standard InChI is InChI=1S/C12H26N2/c1-4-8-13-9-12(5-2)14(3)10-11-6-7-11/h11-13H,4-10H2,1-3H3. The Morgan fingerprint density at radius 2 is 2.07 bits per heavy atom. The third kappa shape index (κ3) is 4.43. The lowest BCUT2D eigenvalue weighted by Crippen LogP contribution is -2.40. The Bertz CT molecular complexity index is 143. The molecule has 1 N–H and O–H groups in total. The van der Waals surface area contributed by atoms with E-state index < -0.39 is 0 Å². The van der Waals surface area contributed by atoms with Crippen molar-refractivity contribution in [2.75, 3.05) is 26.7 Å². The fourth-order valence-corrected chi connectivity index (χ4v) is 1.91. The number of hydrogen-bond acceptors (Lipinski definition) is 2. The SMILES string of the molecule is CCCNCC(CC)N(C)CC1CC1. The first-order valence-corrected chi connectivity index (χ1v) is 6.18. The van der Waals surface area contributed by atoms with Crippen molar-refractivity contribution in [2.24, 2.45) is 5.92 Å². The van der Waals surface area contributed by atoms with Crippen molar-refractivity contribution in [3.63, 3.8) is 0 Å². The zero-order valence-corrected chi connectivity index (χ0v) is 10.1. The van der Waals surface area contributed by atoms with Gasteiger partial charge in [-0.3, -0.25) is 0 Å². The number of nitrogens with one attached hydrogen (secondary N) is 1. The molecule has 1 unspecified atom stereocenters. The first-order valence-electron chi connectivity index (χ1n) is 6.18. The van der Waals surface area contributed by atoms with Crippen LogP contribution >= 0.6 is 0 Å². The summed E-state index contributed by atoms with van der Waals surface area (Å²) in [5, 5.41) is 3.52. The summed E-state index contributed by atoms with van der Waals surface area (Å²) in [5.41, 5.74) is 0. The smallest absolute Gasteiger partial charge is 0.0215 e. The molecule has 84 valence electrons. The Morgan fingerprint density at radius 1 is 1.36 bits per heavy atom. The molecule has 1 fully saturated rings. The predicted molar refractivity (Wildman–Crippen MR) is 62.6 cm³/mol. The van der Waals surface area contributed by atoms with Crippen molar-refractivity contribution < 1.29 is 0 Å². The van der Waals surface area contributed by atoms with Crippen molar-refractivity contribution in [1.82, 2.24) is 10.2 Å². The van der Waals surface area contributed by atoms with Gasteiger partial charge in [0.05, 0.1) is 0 Å². The highest BCUT2D eigenvalue weighted by molar-refractivity contribution is 4.79. The van der Waals surface area contributed by atoms with Gasteiger partial charge in [-0.25, -0.2) is 0 Å². The van der Waals surface area contributed by atoms with Crippen molar-refractivity contribution in [3.05, 3.63) is 0 Å². The molecule has 2 nitrogen and oxygen atoms in total. The first-order chi connectivity index (χ1) is 6.77. The first kappa shape index (κ1) is 12.0. The summed E-state index contributed by atoms with van der Waals surface area (Å²) < 4.78 is 0. The molecule has 1 atom stereocenters. The average Bonchev–Trinajstić information content (AvgIpc) is 2.96. The van der Waals surface area contributed by atoms with E-state index in [9.17, 15) is 0 Å². The van der Waals surface area contributed by atoms with Gasteiger partial charge in [0, 0.05) is 19.1 Å². The van der Waals surface area contributed by atoms with E-state index in [4.69, 9.17) is 0 Å². The molecule has 0 aliphatic heterocycles. The van der Waals surface area contributed by atoms with E-state index in [-0.39, 0.29) is 0 Å². The van der Waals surface area contributed by atoms with Gasteiger partial charge < -0.3 is 10.2 Å². The maximum atomic E-state index is 3.52. The van der Waals surface area contributed by atoms with E-state index >= 15 is 0 Å². The van der Waals surface area contributed by atoms with Crippen LogP contribution in [-0.4, -0.2) is 37.6 Å². The minimum absolute atomic E-state index is 0.738. The summed E-state index contributed by atoms with van der Waals surface area (Å²) in [5.74, 6) is 1.01. The number of rotatable bonds is 8.